The quantitative estimate of drug-likeness (QED) is 0.305. The van der Waals surface area contributed by atoms with E-state index in [-0.39, 0.29) is 11.8 Å². The molecule has 5 rings (SSSR count). The lowest BCUT2D eigenvalue weighted by molar-refractivity contribution is -0.116. The Labute approximate surface area is 195 Å². The van der Waals surface area contributed by atoms with Crippen molar-refractivity contribution in [3.63, 3.8) is 0 Å². The molecule has 1 aromatic carbocycles. The molecule has 0 saturated heterocycles. The first kappa shape index (κ1) is 21.3. The van der Waals surface area contributed by atoms with Gasteiger partial charge < -0.3 is 15.6 Å². The third-order valence-corrected chi connectivity index (χ3v) is 5.64. The number of anilines is 1. The number of aromatic nitrogens is 5. The Hall–Kier alpha value is -4.53. The lowest BCUT2D eigenvalue weighted by atomic mass is 10.1. The second-order valence-electron chi connectivity index (χ2n) is 7.98. The summed E-state index contributed by atoms with van der Waals surface area (Å²) in [6.45, 7) is 1.96. The molecular formula is C25H23N7O2. The van der Waals surface area contributed by atoms with Crippen LogP contribution in [0.4, 0.5) is 5.69 Å². The van der Waals surface area contributed by atoms with Gasteiger partial charge in [0.05, 0.1) is 17.6 Å². The van der Waals surface area contributed by atoms with Crippen molar-refractivity contribution in [1.29, 1.82) is 0 Å². The Morgan fingerprint density at radius 3 is 2.71 bits per heavy atom. The van der Waals surface area contributed by atoms with E-state index < -0.39 is 0 Å². The number of nitrogens with zero attached hydrogens (tertiary/aromatic N) is 3. The van der Waals surface area contributed by atoms with Crippen molar-refractivity contribution in [2.75, 3.05) is 12.4 Å². The van der Waals surface area contributed by atoms with E-state index in [2.05, 4.69) is 35.8 Å². The summed E-state index contributed by atoms with van der Waals surface area (Å²) >= 11 is 0. The van der Waals surface area contributed by atoms with Gasteiger partial charge in [-0.2, -0.15) is 5.10 Å². The van der Waals surface area contributed by atoms with Crippen LogP contribution in [0.5, 0.6) is 0 Å². The first-order chi connectivity index (χ1) is 16.6. The molecule has 5 aromatic rings. The van der Waals surface area contributed by atoms with Gasteiger partial charge in [-0.25, -0.2) is 4.98 Å². The Morgan fingerprint density at radius 2 is 1.88 bits per heavy atom. The second-order valence-corrected chi connectivity index (χ2v) is 7.98. The topological polar surface area (TPSA) is 128 Å². The van der Waals surface area contributed by atoms with E-state index in [4.69, 9.17) is 0 Å². The van der Waals surface area contributed by atoms with E-state index in [0.29, 0.717) is 29.0 Å². The molecule has 4 aromatic heterocycles. The molecule has 9 nitrogen and oxygen atoms in total. The molecule has 0 atom stereocenters. The van der Waals surface area contributed by atoms with Crippen LogP contribution in [0.15, 0.2) is 55.0 Å². The minimum Gasteiger partial charge on any atom is -0.355 e. The smallest absolute Gasteiger partial charge is 0.251 e. The maximum Gasteiger partial charge on any atom is 0.251 e. The van der Waals surface area contributed by atoms with Crippen molar-refractivity contribution in [3.8, 4) is 22.5 Å². The van der Waals surface area contributed by atoms with Gasteiger partial charge in [0.1, 0.15) is 5.69 Å². The first-order valence-corrected chi connectivity index (χ1v) is 11.0. The summed E-state index contributed by atoms with van der Waals surface area (Å²) in [5.41, 5.74) is 5.86. The average Bonchev–Trinajstić information content (AvgIpc) is 3.47. The molecule has 9 heteroatoms. The van der Waals surface area contributed by atoms with E-state index in [1.165, 1.54) is 0 Å². The highest BCUT2D eigenvalue weighted by molar-refractivity contribution is 6.08. The number of rotatable bonds is 6. The molecule has 0 unspecified atom stereocenters. The molecule has 4 N–H and O–H groups in total. The SMILES string of the molecule is CCCC(=O)Nc1cncc(-c2cnc3[nH]nc(-c4cc5c(C(=O)NC)cccc5[nH]4)c3c2)c1. The standard InChI is InChI=1S/C25H23N7O2/c1-3-5-22(33)29-16-8-14(11-27-13-16)15-9-19-23(31-32-24(19)28-12-15)21-10-18-17(25(34)26-2)6-4-7-20(18)30-21/h4,6-13,30H,3,5H2,1-2H3,(H,26,34)(H,29,33)(H,28,31,32). The van der Waals surface area contributed by atoms with Crippen LogP contribution in [0.2, 0.25) is 0 Å². The summed E-state index contributed by atoms with van der Waals surface area (Å²) in [4.78, 5) is 36.4. The minimum atomic E-state index is -0.148. The minimum absolute atomic E-state index is 0.0397. The molecule has 0 saturated carbocycles. The van der Waals surface area contributed by atoms with Crippen LogP contribution < -0.4 is 10.6 Å². The molecule has 0 spiro atoms. The summed E-state index contributed by atoms with van der Waals surface area (Å²) < 4.78 is 0. The van der Waals surface area contributed by atoms with Gasteiger partial charge in [0, 0.05) is 58.8 Å². The molecule has 0 radical (unpaired) electrons. The van der Waals surface area contributed by atoms with Crippen LogP contribution in [-0.2, 0) is 4.79 Å². The van der Waals surface area contributed by atoms with Gasteiger partial charge in [-0.15, -0.1) is 0 Å². The van der Waals surface area contributed by atoms with Crippen LogP contribution in [0.1, 0.15) is 30.1 Å². The van der Waals surface area contributed by atoms with E-state index in [0.717, 1.165) is 39.5 Å². The number of amides is 2. The predicted molar refractivity (Wildman–Crippen MR) is 131 cm³/mol. The van der Waals surface area contributed by atoms with E-state index in [1.807, 2.05) is 37.3 Å². The zero-order valence-corrected chi connectivity index (χ0v) is 18.8. The molecule has 34 heavy (non-hydrogen) atoms. The van der Waals surface area contributed by atoms with Crippen LogP contribution in [0.25, 0.3) is 44.5 Å². The summed E-state index contributed by atoms with van der Waals surface area (Å²) in [6.07, 6.45) is 6.34. The maximum absolute atomic E-state index is 12.3. The summed E-state index contributed by atoms with van der Waals surface area (Å²) in [5.74, 6) is -0.188. The van der Waals surface area contributed by atoms with Crippen molar-refractivity contribution >= 4 is 39.4 Å². The average molecular weight is 454 g/mol. The number of H-pyrrole nitrogens is 2. The number of hydrogen-bond acceptors (Lipinski definition) is 5. The number of carbonyl (C=O) groups is 2. The van der Waals surface area contributed by atoms with Crippen molar-refractivity contribution in [3.05, 3.63) is 60.6 Å². The Bertz CT molecular complexity index is 1530. The first-order valence-electron chi connectivity index (χ1n) is 11.0. The number of nitrogens with one attached hydrogen (secondary N) is 4. The van der Waals surface area contributed by atoms with Crippen LogP contribution in [0.3, 0.4) is 0 Å². The molecule has 2 amide bonds. The normalized spacial score (nSPS) is 11.1. The number of pyridine rings is 2. The van der Waals surface area contributed by atoms with Gasteiger partial charge in [-0.3, -0.25) is 19.7 Å². The molecule has 4 heterocycles. The zero-order valence-electron chi connectivity index (χ0n) is 18.8. The number of benzene rings is 1. The lowest BCUT2D eigenvalue weighted by Crippen LogP contribution is -2.17. The van der Waals surface area contributed by atoms with E-state index in [1.54, 1.807) is 31.7 Å². The summed E-state index contributed by atoms with van der Waals surface area (Å²) in [7, 11) is 1.61. The molecular weight excluding hydrogens is 430 g/mol. The van der Waals surface area contributed by atoms with Crippen molar-refractivity contribution in [1.82, 2.24) is 30.5 Å². The molecule has 0 aliphatic carbocycles. The van der Waals surface area contributed by atoms with Gasteiger partial charge in [-0.1, -0.05) is 13.0 Å². The number of hydrogen-bond donors (Lipinski definition) is 4. The summed E-state index contributed by atoms with van der Waals surface area (Å²) in [6, 6.07) is 11.3. The van der Waals surface area contributed by atoms with Crippen LogP contribution in [0, 0.1) is 0 Å². The Morgan fingerprint density at radius 1 is 1.03 bits per heavy atom. The highest BCUT2D eigenvalue weighted by Crippen LogP contribution is 2.32. The van der Waals surface area contributed by atoms with Crippen molar-refractivity contribution in [2.45, 2.75) is 19.8 Å². The second kappa shape index (κ2) is 8.78. The molecule has 0 aliphatic rings. The van der Waals surface area contributed by atoms with E-state index >= 15 is 0 Å². The highest BCUT2D eigenvalue weighted by atomic mass is 16.2. The highest BCUT2D eigenvalue weighted by Gasteiger charge is 2.16. The van der Waals surface area contributed by atoms with Gasteiger partial charge in [0.25, 0.3) is 5.91 Å². The van der Waals surface area contributed by atoms with E-state index in [9.17, 15) is 9.59 Å². The van der Waals surface area contributed by atoms with Crippen LogP contribution in [-0.4, -0.2) is 44.0 Å². The van der Waals surface area contributed by atoms with Gasteiger partial charge in [0.2, 0.25) is 5.91 Å². The molecule has 0 fully saturated rings. The summed E-state index contributed by atoms with van der Waals surface area (Å²) in [5, 5.41) is 14.7. The number of carbonyl (C=O) groups excluding carboxylic acids is 2. The lowest BCUT2D eigenvalue weighted by Gasteiger charge is -2.07. The molecule has 0 bridgehead atoms. The Kier molecular flexibility index (Phi) is 5.51. The van der Waals surface area contributed by atoms with Gasteiger partial charge in [-0.05, 0) is 36.8 Å². The monoisotopic (exact) mass is 453 g/mol. The zero-order chi connectivity index (χ0) is 23.7. The van der Waals surface area contributed by atoms with Crippen molar-refractivity contribution in [2.24, 2.45) is 0 Å². The fraction of sp³-hybridized carbons (Fsp3) is 0.160. The number of fused-ring (bicyclic) bond motifs is 2. The third-order valence-electron chi connectivity index (χ3n) is 5.64. The fourth-order valence-electron chi connectivity index (χ4n) is 4.00. The maximum atomic E-state index is 12.3. The largest absolute Gasteiger partial charge is 0.355 e. The predicted octanol–water partition coefficient (Wildman–Crippen LogP) is 4.27. The third kappa shape index (κ3) is 3.88. The van der Waals surface area contributed by atoms with Crippen molar-refractivity contribution < 1.29 is 9.59 Å². The van der Waals surface area contributed by atoms with Crippen LogP contribution >= 0.6 is 0 Å². The number of aromatic amines is 2. The fourth-order valence-corrected chi connectivity index (χ4v) is 4.00. The van der Waals surface area contributed by atoms with Gasteiger partial charge in [0.15, 0.2) is 5.65 Å². The molecule has 0 aliphatic heterocycles. The Balaban J connectivity index is 1.55. The molecule has 170 valence electrons. The van der Waals surface area contributed by atoms with Gasteiger partial charge >= 0.3 is 0 Å².